The van der Waals surface area contributed by atoms with Crippen molar-refractivity contribution >= 4 is 48.9 Å². The van der Waals surface area contributed by atoms with Gasteiger partial charge < -0.3 is 40.0 Å². The molecule has 0 aliphatic carbocycles. The van der Waals surface area contributed by atoms with Crippen molar-refractivity contribution in [2.24, 2.45) is 0 Å². The van der Waals surface area contributed by atoms with Crippen molar-refractivity contribution in [2.75, 3.05) is 6.54 Å². The first-order valence-electron chi connectivity index (χ1n) is 16.8. The molecule has 14 heteroatoms. The maximum absolute atomic E-state index is 14.1. The number of carbonyl (C=O) groups is 4. The normalized spacial score (nSPS) is 20.6. The van der Waals surface area contributed by atoms with E-state index in [1.807, 2.05) is 58.0 Å². The van der Waals surface area contributed by atoms with Crippen LogP contribution in [-0.4, -0.2) is 82.7 Å². The summed E-state index contributed by atoms with van der Waals surface area (Å²) in [5.74, 6) is -2.53. The number of benzene rings is 3. The van der Waals surface area contributed by atoms with Gasteiger partial charge in [-0.2, -0.15) is 0 Å². The van der Waals surface area contributed by atoms with Crippen LogP contribution < -0.4 is 21.6 Å². The molecule has 3 atom stereocenters. The number of aryl methyl sites for hydroxylation is 1. The minimum Gasteiger partial charge on any atom is -0.481 e. The number of nitrogens with one attached hydrogen (secondary N) is 2. The van der Waals surface area contributed by atoms with Crippen LogP contribution in [-0.2, 0) is 36.5 Å². The molecule has 50 heavy (non-hydrogen) atoms. The molecule has 260 valence electrons. The second kappa shape index (κ2) is 13.7. The lowest BCUT2D eigenvalue weighted by Crippen LogP contribution is -2.49. The number of carboxylic acids is 1. The molecule has 12 nitrogen and oxygen atoms in total. The highest BCUT2D eigenvalue weighted by Gasteiger charge is 2.45. The average Bonchev–Trinajstić information content (AvgIpc) is 3.67. The Balaban J connectivity index is 1.24. The Morgan fingerprint density at radius 3 is 2.06 bits per heavy atom. The Labute approximate surface area is 291 Å². The van der Waals surface area contributed by atoms with Gasteiger partial charge in [0.25, 0.3) is 11.8 Å². The maximum atomic E-state index is 14.1. The largest absolute Gasteiger partial charge is 0.492 e. The molecule has 3 aromatic carbocycles. The Bertz CT molecular complexity index is 1820. The predicted molar refractivity (Wildman–Crippen MR) is 186 cm³/mol. The van der Waals surface area contributed by atoms with E-state index in [-0.39, 0.29) is 30.5 Å². The lowest BCUT2D eigenvalue weighted by Gasteiger charge is -2.26. The Morgan fingerprint density at radius 2 is 1.46 bits per heavy atom. The average molecular weight is 681 g/mol. The van der Waals surface area contributed by atoms with Crippen molar-refractivity contribution < 1.29 is 43.6 Å². The predicted octanol–water partition coefficient (Wildman–Crippen LogP) is 1.20. The van der Waals surface area contributed by atoms with Gasteiger partial charge in [-0.3, -0.25) is 19.2 Å². The molecule has 3 aromatic rings. The fourth-order valence-corrected chi connectivity index (χ4v) is 7.28. The standard InChI is InChI=1S/C36H41B2N3O9/c1-35(2)26-14-11-22(16-28(26)37(47)49-35)32(44)40-25-18-30(33(45)39-24(19-31(42)43)13-10-21-8-6-5-7-9-21)41(20-25)34(46)23-12-15-27-29(17-23)38(48)50-36(27,3)4/h5-9,11-12,14-17,24-25,30,47-48H,10,13,18-20H2,1-4H3,(H,39,45)(H,40,44)(H,42,43)/t24-,25+,30-/m1/s1. The number of hydrogen-bond acceptors (Lipinski definition) is 8. The highest BCUT2D eigenvalue weighted by Crippen LogP contribution is 2.32. The van der Waals surface area contributed by atoms with Crippen molar-refractivity contribution in [3.8, 4) is 0 Å². The Morgan fingerprint density at radius 1 is 0.880 bits per heavy atom. The zero-order chi connectivity index (χ0) is 36.0. The van der Waals surface area contributed by atoms with Gasteiger partial charge in [-0.05, 0) is 98.8 Å². The SMILES string of the molecule is CC1(C)OB(O)c2cc(C(=O)N[C@H]3C[C@H](C(=O)N[C@H](CCc4ccccc4)CC(=O)O)N(C(=O)c4ccc5c(c4)B(O)OC5(C)C)C3)ccc21. The van der Waals surface area contributed by atoms with Crippen LogP contribution in [0, 0.1) is 0 Å². The number of likely N-dealkylation sites (tertiary alicyclic amines) is 1. The fraction of sp³-hybridized carbons (Fsp3) is 0.389. The number of carbonyl (C=O) groups excluding carboxylic acids is 3. The summed E-state index contributed by atoms with van der Waals surface area (Å²) in [7, 11) is -2.40. The topological polar surface area (TPSA) is 175 Å². The zero-order valence-electron chi connectivity index (χ0n) is 28.5. The first kappa shape index (κ1) is 35.3. The van der Waals surface area contributed by atoms with Gasteiger partial charge in [0.1, 0.15) is 6.04 Å². The van der Waals surface area contributed by atoms with Crippen molar-refractivity contribution in [1.82, 2.24) is 15.5 Å². The minimum atomic E-state index is -1.22. The van der Waals surface area contributed by atoms with Crippen LogP contribution in [0.25, 0.3) is 0 Å². The van der Waals surface area contributed by atoms with Crippen LogP contribution in [0.15, 0.2) is 66.7 Å². The van der Waals surface area contributed by atoms with Gasteiger partial charge in [0.05, 0.1) is 17.6 Å². The van der Waals surface area contributed by atoms with Crippen LogP contribution >= 0.6 is 0 Å². The molecular weight excluding hydrogens is 640 g/mol. The quantitative estimate of drug-likeness (QED) is 0.197. The molecule has 6 rings (SSSR count). The lowest BCUT2D eigenvalue weighted by atomic mass is 9.77. The van der Waals surface area contributed by atoms with E-state index in [0.717, 1.165) is 16.7 Å². The van der Waals surface area contributed by atoms with Gasteiger partial charge in [-0.1, -0.05) is 42.5 Å². The second-order valence-electron chi connectivity index (χ2n) is 14.3. The third-order valence-corrected chi connectivity index (χ3v) is 9.85. The van der Waals surface area contributed by atoms with Gasteiger partial charge in [0, 0.05) is 29.8 Å². The molecule has 3 aliphatic rings. The molecule has 0 unspecified atom stereocenters. The van der Waals surface area contributed by atoms with Gasteiger partial charge in [-0.15, -0.1) is 0 Å². The monoisotopic (exact) mass is 681 g/mol. The first-order chi connectivity index (χ1) is 23.6. The van der Waals surface area contributed by atoms with E-state index >= 15 is 0 Å². The van der Waals surface area contributed by atoms with Crippen LogP contribution in [0.1, 0.15) is 84.4 Å². The molecule has 5 N–H and O–H groups in total. The van der Waals surface area contributed by atoms with Crippen LogP contribution in [0.5, 0.6) is 0 Å². The number of nitrogens with zero attached hydrogens (tertiary/aromatic N) is 1. The summed E-state index contributed by atoms with van der Waals surface area (Å²) < 4.78 is 11.3. The summed E-state index contributed by atoms with van der Waals surface area (Å²) in [4.78, 5) is 54.7. The van der Waals surface area contributed by atoms with Crippen molar-refractivity contribution in [2.45, 2.75) is 82.7 Å². The van der Waals surface area contributed by atoms with E-state index < -0.39 is 67.3 Å². The van der Waals surface area contributed by atoms with E-state index in [1.165, 1.54) is 4.90 Å². The molecule has 1 saturated heterocycles. The van der Waals surface area contributed by atoms with Crippen molar-refractivity contribution in [3.63, 3.8) is 0 Å². The third-order valence-electron chi connectivity index (χ3n) is 9.85. The summed E-state index contributed by atoms with van der Waals surface area (Å²) in [5, 5.41) is 36.4. The smallest absolute Gasteiger partial charge is 0.481 e. The highest BCUT2D eigenvalue weighted by molar-refractivity contribution is 6.62. The van der Waals surface area contributed by atoms with Gasteiger partial charge in [0.15, 0.2) is 0 Å². The molecule has 0 bridgehead atoms. The zero-order valence-corrected chi connectivity index (χ0v) is 28.5. The number of amides is 3. The number of fused-ring (bicyclic) bond motifs is 2. The number of aliphatic carboxylic acids is 1. The number of carboxylic acid groups (broad SMARTS) is 1. The second-order valence-corrected chi connectivity index (χ2v) is 14.3. The van der Waals surface area contributed by atoms with Crippen LogP contribution in [0.4, 0.5) is 0 Å². The molecule has 3 amide bonds. The summed E-state index contributed by atoms with van der Waals surface area (Å²) >= 11 is 0. The minimum absolute atomic E-state index is 0.00160. The molecule has 0 spiro atoms. The Hall–Kier alpha value is -4.49. The third kappa shape index (κ3) is 7.20. The van der Waals surface area contributed by atoms with Gasteiger partial charge in [0.2, 0.25) is 5.91 Å². The summed E-state index contributed by atoms with van der Waals surface area (Å²) in [6.07, 6.45) is 0.683. The molecular formula is C36H41B2N3O9. The van der Waals surface area contributed by atoms with Crippen molar-refractivity contribution in [1.29, 1.82) is 0 Å². The van der Waals surface area contributed by atoms with E-state index in [1.54, 1.807) is 36.4 Å². The lowest BCUT2D eigenvalue weighted by molar-refractivity contribution is -0.138. The van der Waals surface area contributed by atoms with Crippen LogP contribution in [0.2, 0.25) is 0 Å². The van der Waals surface area contributed by atoms with Crippen molar-refractivity contribution in [3.05, 3.63) is 94.5 Å². The summed E-state index contributed by atoms with van der Waals surface area (Å²) in [5.41, 5.74) is 2.51. The maximum Gasteiger partial charge on any atom is 0.492 e. The van der Waals surface area contributed by atoms with Gasteiger partial charge in [-0.25, -0.2) is 0 Å². The van der Waals surface area contributed by atoms with E-state index in [2.05, 4.69) is 10.6 Å². The first-order valence-corrected chi connectivity index (χ1v) is 16.8. The summed E-state index contributed by atoms with van der Waals surface area (Å²) in [6.45, 7) is 7.30. The highest BCUT2D eigenvalue weighted by atomic mass is 16.5. The fourth-order valence-electron chi connectivity index (χ4n) is 7.28. The molecule has 1 fully saturated rings. The van der Waals surface area contributed by atoms with E-state index in [0.29, 0.717) is 23.8 Å². The number of hydrogen-bond donors (Lipinski definition) is 5. The molecule has 3 heterocycles. The van der Waals surface area contributed by atoms with E-state index in [4.69, 9.17) is 9.31 Å². The molecule has 0 radical (unpaired) electrons. The summed E-state index contributed by atoms with van der Waals surface area (Å²) in [6, 6.07) is 17.0. The van der Waals surface area contributed by atoms with E-state index in [9.17, 15) is 34.3 Å². The number of rotatable bonds is 10. The molecule has 0 aromatic heterocycles. The molecule has 3 aliphatic heterocycles. The molecule has 0 saturated carbocycles. The van der Waals surface area contributed by atoms with Gasteiger partial charge >= 0.3 is 20.2 Å². The Kier molecular flexibility index (Phi) is 9.66. The van der Waals surface area contributed by atoms with Crippen LogP contribution in [0.3, 0.4) is 0 Å².